The van der Waals surface area contributed by atoms with Crippen LogP contribution in [0.3, 0.4) is 0 Å². The summed E-state index contributed by atoms with van der Waals surface area (Å²) in [6, 6.07) is 16.5. The maximum absolute atomic E-state index is 10.2. The van der Waals surface area contributed by atoms with E-state index in [0.717, 1.165) is 17.4 Å². The molecule has 0 fully saturated rings. The highest BCUT2D eigenvalue weighted by Crippen LogP contribution is 2.31. The molecular formula is C16H16BrNO. The third-order valence-electron chi connectivity index (χ3n) is 3.62. The van der Waals surface area contributed by atoms with Crippen molar-refractivity contribution in [2.45, 2.75) is 25.1 Å². The summed E-state index contributed by atoms with van der Waals surface area (Å²) in [7, 11) is 0. The number of hydrogen-bond acceptors (Lipinski definition) is 2. The summed E-state index contributed by atoms with van der Waals surface area (Å²) >= 11 is 3.48. The van der Waals surface area contributed by atoms with Crippen molar-refractivity contribution >= 4 is 15.9 Å². The van der Waals surface area contributed by atoms with Crippen molar-refractivity contribution in [2.75, 3.05) is 0 Å². The number of nitrogens with one attached hydrogen (secondary N) is 1. The van der Waals surface area contributed by atoms with E-state index < -0.39 is 0 Å². The number of fused-ring (bicyclic) bond motifs is 1. The molecule has 0 unspecified atom stereocenters. The summed E-state index contributed by atoms with van der Waals surface area (Å²) in [6.07, 6.45) is 0.413. The van der Waals surface area contributed by atoms with Gasteiger partial charge in [-0.3, -0.25) is 0 Å². The van der Waals surface area contributed by atoms with Gasteiger partial charge in [-0.05, 0) is 28.8 Å². The fraction of sp³-hybridized carbons (Fsp3) is 0.250. The van der Waals surface area contributed by atoms with Crippen LogP contribution < -0.4 is 5.32 Å². The van der Waals surface area contributed by atoms with Gasteiger partial charge in [-0.25, -0.2) is 0 Å². The van der Waals surface area contributed by atoms with Crippen LogP contribution in [-0.2, 0) is 13.0 Å². The minimum atomic E-state index is -0.329. The SMILES string of the molecule is O[C@H]1Cc2ccccc2[C@H]1NCc1cccc(Br)c1. The van der Waals surface area contributed by atoms with Gasteiger partial charge < -0.3 is 10.4 Å². The first-order valence-corrected chi connectivity index (χ1v) is 7.27. The predicted molar refractivity (Wildman–Crippen MR) is 79.9 cm³/mol. The van der Waals surface area contributed by atoms with E-state index in [9.17, 15) is 5.11 Å². The van der Waals surface area contributed by atoms with Crippen LogP contribution in [0.1, 0.15) is 22.7 Å². The average Bonchev–Trinajstić information content (AvgIpc) is 2.72. The Bertz CT molecular complexity index is 584. The molecule has 2 atom stereocenters. The summed E-state index contributed by atoms with van der Waals surface area (Å²) in [5.41, 5.74) is 3.69. The highest BCUT2D eigenvalue weighted by atomic mass is 79.9. The lowest BCUT2D eigenvalue weighted by Gasteiger charge is -2.18. The van der Waals surface area contributed by atoms with Crippen molar-refractivity contribution in [1.29, 1.82) is 0 Å². The van der Waals surface area contributed by atoms with Gasteiger partial charge in [0.1, 0.15) is 0 Å². The van der Waals surface area contributed by atoms with Gasteiger partial charge in [0.2, 0.25) is 0 Å². The van der Waals surface area contributed by atoms with Gasteiger partial charge >= 0.3 is 0 Å². The molecule has 2 nitrogen and oxygen atoms in total. The monoisotopic (exact) mass is 317 g/mol. The summed E-state index contributed by atoms with van der Waals surface area (Å²) in [5, 5.41) is 13.6. The number of benzene rings is 2. The van der Waals surface area contributed by atoms with Gasteiger partial charge in [0.05, 0.1) is 12.1 Å². The van der Waals surface area contributed by atoms with E-state index in [1.54, 1.807) is 0 Å². The van der Waals surface area contributed by atoms with Crippen LogP contribution >= 0.6 is 15.9 Å². The summed E-state index contributed by atoms with van der Waals surface area (Å²) < 4.78 is 1.08. The molecule has 19 heavy (non-hydrogen) atoms. The maximum Gasteiger partial charge on any atom is 0.0775 e. The van der Waals surface area contributed by atoms with Crippen molar-refractivity contribution < 1.29 is 5.11 Å². The first kappa shape index (κ1) is 12.9. The Morgan fingerprint density at radius 3 is 2.84 bits per heavy atom. The zero-order valence-corrected chi connectivity index (χ0v) is 12.1. The molecule has 2 aromatic carbocycles. The Hall–Kier alpha value is -1.16. The molecule has 0 saturated heterocycles. The predicted octanol–water partition coefficient (Wildman–Crippen LogP) is 3.20. The molecule has 0 radical (unpaired) electrons. The molecule has 2 N–H and O–H groups in total. The van der Waals surface area contributed by atoms with Gasteiger partial charge in [0, 0.05) is 17.4 Å². The van der Waals surface area contributed by atoms with Gasteiger partial charge in [-0.1, -0.05) is 52.3 Å². The Kier molecular flexibility index (Phi) is 3.69. The highest BCUT2D eigenvalue weighted by molar-refractivity contribution is 9.10. The van der Waals surface area contributed by atoms with Gasteiger partial charge in [0.15, 0.2) is 0 Å². The molecule has 1 aliphatic rings. The van der Waals surface area contributed by atoms with Gasteiger partial charge in [-0.2, -0.15) is 0 Å². The number of halogens is 1. The van der Waals surface area contributed by atoms with Crippen LogP contribution in [0, 0.1) is 0 Å². The standard InChI is InChI=1S/C16H16BrNO/c17-13-6-3-4-11(8-13)10-18-16-14-7-2-1-5-12(14)9-15(16)19/h1-8,15-16,18-19H,9-10H2/t15-,16+/m0/s1. The minimum Gasteiger partial charge on any atom is -0.391 e. The topological polar surface area (TPSA) is 32.3 Å². The third kappa shape index (κ3) is 2.73. The van der Waals surface area contributed by atoms with Crippen LogP contribution in [0.15, 0.2) is 53.0 Å². The van der Waals surface area contributed by atoms with Crippen LogP contribution in [0.5, 0.6) is 0 Å². The zero-order chi connectivity index (χ0) is 13.2. The number of aliphatic hydroxyl groups excluding tert-OH is 1. The van der Waals surface area contributed by atoms with E-state index in [-0.39, 0.29) is 12.1 Å². The summed E-state index contributed by atoms with van der Waals surface area (Å²) in [4.78, 5) is 0. The third-order valence-corrected chi connectivity index (χ3v) is 4.11. The van der Waals surface area contributed by atoms with Crippen LogP contribution in [-0.4, -0.2) is 11.2 Å². The van der Waals surface area contributed by atoms with E-state index in [2.05, 4.69) is 45.5 Å². The second-order valence-electron chi connectivity index (χ2n) is 4.96. The van der Waals surface area contributed by atoms with E-state index in [1.165, 1.54) is 16.7 Å². The smallest absolute Gasteiger partial charge is 0.0775 e. The van der Waals surface area contributed by atoms with Crippen molar-refractivity contribution in [2.24, 2.45) is 0 Å². The molecule has 2 aromatic rings. The number of rotatable bonds is 3. The molecule has 0 aromatic heterocycles. The Balaban J connectivity index is 1.74. The highest BCUT2D eigenvalue weighted by Gasteiger charge is 2.29. The van der Waals surface area contributed by atoms with E-state index in [1.807, 2.05) is 24.3 Å². The molecule has 98 valence electrons. The van der Waals surface area contributed by atoms with Crippen LogP contribution in [0.25, 0.3) is 0 Å². The lowest BCUT2D eigenvalue weighted by Crippen LogP contribution is -2.28. The second-order valence-corrected chi connectivity index (χ2v) is 5.87. The molecule has 0 spiro atoms. The molecule has 3 heteroatoms. The molecule has 3 rings (SSSR count). The molecule has 0 heterocycles. The molecule has 0 aliphatic heterocycles. The van der Waals surface area contributed by atoms with Crippen LogP contribution in [0.4, 0.5) is 0 Å². The number of aliphatic hydroxyl groups is 1. The van der Waals surface area contributed by atoms with E-state index in [4.69, 9.17) is 0 Å². The fourth-order valence-corrected chi connectivity index (χ4v) is 3.14. The fourth-order valence-electron chi connectivity index (χ4n) is 2.69. The first-order chi connectivity index (χ1) is 9.24. The summed E-state index contributed by atoms with van der Waals surface area (Å²) in [5.74, 6) is 0. The normalized spacial score (nSPS) is 21.4. The Morgan fingerprint density at radius 1 is 1.16 bits per heavy atom. The summed E-state index contributed by atoms with van der Waals surface area (Å²) in [6.45, 7) is 0.759. The second kappa shape index (κ2) is 5.45. The quantitative estimate of drug-likeness (QED) is 0.911. The van der Waals surface area contributed by atoms with Crippen LogP contribution in [0.2, 0.25) is 0 Å². The maximum atomic E-state index is 10.2. The first-order valence-electron chi connectivity index (χ1n) is 6.48. The lowest BCUT2D eigenvalue weighted by molar-refractivity contribution is 0.140. The molecule has 0 saturated carbocycles. The van der Waals surface area contributed by atoms with Crippen molar-refractivity contribution in [1.82, 2.24) is 5.32 Å². The van der Waals surface area contributed by atoms with Gasteiger partial charge in [0.25, 0.3) is 0 Å². The molecule has 1 aliphatic carbocycles. The van der Waals surface area contributed by atoms with E-state index in [0.29, 0.717) is 0 Å². The zero-order valence-electron chi connectivity index (χ0n) is 10.5. The Labute approximate surface area is 121 Å². The van der Waals surface area contributed by atoms with E-state index >= 15 is 0 Å². The average molecular weight is 318 g/mol. The van der Waals surface area contributed by atoms with Crippen molar-refractivity contribution in [3.8, 4) is 0 Å². The lowest BCUT2D eigenvalue weighted by atomic mass is 10.1. The molecule has 0 amide bonds. The Morgan fingerprint density at radius 2 is 2.00 bits per heavy atom. The molecule has 0 bridgehead atoms. The van der Waals surface area contributed by atoms with Gasteiger partial charge in [-0.15, -0.1) is 0 Å². The minimum absolute atomic E-state index is 0.0372. The molecular weight excluding hydrogens is 302 g/mol. The largest absolute Gasteiger partial charge is 0.391 e. The number of hydrogen-bond donors (Lipinski definition) is 2. The van der Waals surface area contributed by atoms with Crippen molar-refractivity contribution in [3.63, 3.8) is 0 Å². The van der Waals surface area contributed by atoms with Crippen molar-refractivity contribution in [3.05, 3.63) is 69.7 Å².